The number of aromatic nitrogens is 4. The molecule has 0 radical (unpaired) electrons. The van der Waals surface area contributed by atoms with E-state index in [-0.39, 0.29) is 18.7 Å². The molecule has 0 saturated carbocycles. The van der Waals surface area contributed by atoms with Crippen molar-refractivity contribution in [3.63, 3.8) is 0 Å². The van der Waals surface area contributed by atoms with E-state index in [0.717, 1.165) is 16.7 Å². The van der Waals surface area contributed by atoms with E-state index in [2.05, 4.69) is 15.3 Å². The summed E-state index contributed by atoms with van der Waals surface area (Å²) in [6.45, 7) is 0.219. The van der Waals surface area contributed by atoms with Gasteiger partial charge in [-0.3, -0.25) is 4.79 Å². The molecule has 2 aromatic carbocycles. The van der Waals surface area contributed by atoms with E-state index >= 15 is 0 Å². The second kappa shape index (κ2) is 8.07. The van der Waals surface area contributed by atoms with Crippen LogP contribution >= 0.6 is 0 Å². The summed E-state index contributed by atoms with van der Waals surface area (Å²) in [4.78, 5) is 26.9. The number of amides is 1. The van der Waals surface area contributed by atoms with Crippen LogP contribution in [0.25, 0.3) is 16.9 Å². The SMILES string of the molecule is O=C(O)[C@@H]1Cc2ccccc2CN1C(=O)c1cc(-c2ccccc2)n(-c2ccnnc2)n1. The number of carbonyl (C=O) groups is 2. The number of carboxylic acids is 1. The van der Waals surface area contributed by atoms with Crippen LogP contribution in [0.2, 0.25) is 0 Å². The van der Waals surface area contributed by atoms with Gasteiger partial charge in [0.05, 0.1) is 23.8 Å². The molecule has 0 bridgehead atoms. The summed E-state index contributed by atoms with van der Waals surface area (Å²) < 4.78 is 1.63. The van der Waals surface area contributed by atoms with Crippen molar-refractivity contribution in [2.24, 2.45) is 0 Å². The topological polar surface area (TPSA) is 101 Å². The Hall–Kier alpha value is -4.33. The quantitative estimate of drug-likeness (QED) is 0.539. The van der Waals surface area contributed by atoms with Gasteiger partial charge >= 0.3 is 5.97 Å². The van der Waals surface area contributed by atoms with E-state index in [1.54, 1.807) is 29.2 Å². The van der Waals surface area contributed by atoms with Crippen molar-refractivity contribution in [3.05, 3.63) is 95.9 Å². The molecule has 8 heteroatoms. The first-order valence-corrected chi connectivity index (χ1v) is 10.1. The van der Waals surface area contributed by atoms with E-state index in [4.69, 9.17) is 0 Å². The van der Waals surface area contributed by atoms with Gasteiger partial charge in [-0.05, 0) is 23.3 Å². The van der Waals surface area contributed by atoms with Crippen LogP contribution in [0.3, 0.4) is 0 Å². The lowest BCUT2D eigenvalue weighted by molar-refractivity contribution is -0.142. The van der Waals surface area contributed by atoms with Gasteiger partial charge in [0.2, 0.25) is 0 Å². The van der Waals surface area contributed by atoms with Gasteiger partial charge in [0, 0.05) is 18.5 Å². The lowest BCUT2D eigenvalue weighted by atomic mass is 9.93. The Balaban J connectivity index is 1.58. The van der Waals surface area contributed by atoms with Crippen molar-refractivity contribution >= 4 is 11.9 Å². The highest BCUT2D eigenvalue weighted by atomic mass is 16.4. The maximum absolute atomic E-state index is 13.5. The molecule has 0 aliphatic carbocycles. The van der Waals surface area contributed by atoms with Gasteiger partial charge in [-0.2, -0.15) is 15.3 Å². The first-order valence-electron chi connectivity index (χ1n) is 10.1. The average molecular weight is 425 g/mol. The molecular weight excluding hydrogens is 406 g/mol. The van der Waals surface area contributed by atoms with E-state index in [1.165, 1.54) is 4.90 Å². The van der Waals surface area contributed by atoms with Crippen LogP contribution in [-0.2, 0) is 17.8 Å². The molecule has 1 N–H and O–H groups in total. The molecule has 1 amide bonds. The molecule has 4 aromatic rings. The van der Waals surface area contributed by atoms with Gasteiger partial charge in [-0.1, -0.05) is 54.6 Å². The van der Waals surface area contributed by atoms with E-state index in [0.29, 0.717) is 11.4 Å². The number of aliphatic carboxylic acids is 1. The number of benzene rings is 2. The summed E-state index contributed by atoms with van der Waals surface area (Å²) in [5.41, 5.74) is 4.28. The Labute approximate surface area is 183 Å². The first-order chi connectivity index (χ1) is 15.6. The fraction of sp³-hybridized carbons (Fsp3) is 0.125. The number of carboxylic acid groups (broad SMARTS) is 1. The second-order valence-corrected chi connectivity index (χ2v) is 7.55. The molecule has 32 heavy (non-hydrogen) atoms. The zero-order chi connectivity index (χ0) is 22.1. The monoisotopic (exact) mass is 425 g/mol. The predicted octanol–water partition coefficient (Wildman–Crippen LogP) is 2.98. The number of nitrogens with zero attached hydrogens (tertiary/aromatic N) is 5. The van der Waals surface area contributed by atoms with Crippen molar-refractivity contribution in [3.8, 4) is 16.9 Å². The highest BCUT2D eigenvalue weighted by Crippen LogP contribution is 2.28. The average Bonchev–Trinajstić information content (AvgIpc) is 3.29. The molecule has 0 unspecified atom stereocenters. The van der Waals surface area contributed by atoms with Crippen LogP contribution in [0.4, 0.5) is 0 Å². The summed E-state index contributed by atoms with van der Waals surface area (Å²) in [5.74, 6) is -1.46. The first kappa shape index (κ1) is 19.6. The fourth-order valence-electron chi connectivity index (χ4n) is 4.01. The van der Waals surface area contributed by atoms with Crippen molar-refractivity contribution in [2.75, 3.05) is 0 Å². The Morgan fingerprint density at radius 3 is 2.41 bits per heavy atom. The maximum Gasteiger partial charge on any atom is 0.326 e. The van der Waals surface area contributed by atoms with Crippen LogP contribution in [0.15, 0.2) is 79.1 Å². The zero-order valence-corrected chi connectivity index (χ0v) is 17.0. The number of hydrogen-bond donors (Lipinski definition) is 1. The highest BCUT2D eigenvalue weighted by Gasteiger charge is 2.36. The Morgan fingerprint density at radius 2 is 1.69 bits per heavy atom. The van der Waals surface area contributed by atoms with Crippen molar-refractivity contribution < 1.29 is 14.7 Å². The molecule has 0 spiro atoms. The molecule has 8 nitrogen and oxygen atoms in total. The normalized spacial score (nSPS) is 15.2. The van der Waals surface area contributed by atoms with Crippen LogP contribution in [-0.4, -0.2) is 47.9 Å². The minimum absolute atomic E-state index is 0.172. The van der Waals surface area contributed by atoms with Gasteiger partial charge in [0.1, 0.15) is 6.04 Å². The molecule has 3 heterocycles. The summed E-state index contributed by atoms with van der Waals surface area (Å²) in [7, 11) is 0. The highest BCUT2D eigenvalue weighted by molar-refractivity contribution is 5.96. The van der Waals surface area contributed by atoms with Gasteiger partial charge < -0.3 is 10.0 Å². The number of fused-ring (bicyclic) bond motifs is 1. The van der Waals surface area contributed by atoms with E-state index in [9.17, 15) is 14.7 Å². The number of carbonyl (C=O) groups excluding carboxylic acids is 1. The lowest BCUT2D eigenvalue weighted by Gasteiger charge is -2.34. The number of hydrogen-bond acceptors (Lipinski definition) is 5. The smallest absolute Gasteiger partial charge is 0.326 e. The van der Waals surface area contributed by atoms with Gasteiger partial charge in [0.25, 0.3) is 5.91 Å². The standard InChI is InChI=1S/C24H19N5O3/c30-23(28-15-18-9-5-4-8-17(18)12-22(28)24(31)32)20-13-21(16-6-2-1-3-7-16)29(27-20)19-10-11-25-26-14-19/h1-11,13-14,22H,12,15H2,(H,31,32)/t22-/m0/s1. The molecule has 1 atom stereocenters. The minimum Gasteiger partial charge on any atom is -0.480 e. The minimum atomic E-state index is -1.03. The maximum atomic E-state index is 13.5. The molecule has 1 aliphatic rings. The van der Waals surface area contributed by atoms with Crippen LogP contribution in [0, 0.1) is 0 Å². The van der Waals surface area contributed by atoms with Crippen molar-refractivity contribution in [2.45, 2.75) is 19.0 Å². The number of rotatable bonds is 4. The zero-order valence-electron chi connectivity index (χ0n) is 17.0. The van der Waals surface area contributed by atoms with Crippen molar-refractivity contribution in [1.82, 2.24) is 24.9 Å². The molecule has 5 rings (SSSR count). The third-order valence-corrected chi connectivity index (χ3v) is 5.61. The third-order valence-electron chi connectivity index (χ3n) is 5.61. The van der Waals surface area contributed by atoms with E-state index < -0.39 is 17.9 Å². The second-order valence-electron chi connectivity index (χ2n) is 7.55. The summed E-state index contributed by atoms with van der Waals surface area (Å²) >= 11 is 0. The van der Waals surface area contributed by atoms with Crippen LogP contribution in [0.1, 0.15) is 21.6 Å². The molecule has 2 aromatic heterocycles. The Morgan fingerprint density at radius 1 is 0.938 bits per heavy atom. The molecule has 158 valence electrons. The molecule has 0 saturated heterocycles. The van der Waals surface area contributed by atoms with Crippen LogP contribution in [0.5, 0.6) is 0 Å². The lowest BCUT2D eigenvalue weighted by Crippen LogP contribution is -2.48. The molecule has 0 fully saturated rings. The Bertz CT molecular complexity index is 1230. The molecular formula is C24H19N5O3. The van der Waals surface area contributed by atoms with Crippen molar-refractivity contribution in [1.29, 1.82) is 0 Å². The predicted molar refractivity (Wildman–Crippen MR) is 116 cm³/mol. The Kier molecular flexibility index (Phi) is 4.95. The van der Waals surface area contributed by atoms with E-state index in [1.807, 2.05) is 54.6 Å². The van der Waals surface area contributed by atoms with Gasteiger partial charge in [-0.25, -0.2) is 9.48 Å². The summed E-state index contributed by atoms with van der Waals surface area (Å²) in [5, 5.41) is 22.1. The van der Waals surface area contributed by atoms with Gasteiger partial charge in [-0.15, -0.1) is 0 Å². The molecule has 1 aliphatic heterocycles. The largest absolute Gasteiger partial charge is 0.480 e. The third kappa shape index (κ3) is 3.51. The van der Waals surface area contributed by atoms with Crippen LogP contribution < -0.4 is 0 Å². The fourth-order valence-corrected chi connectivity index (χ4v) is 4.01. The van der Waals surface area contributed by atoms with Gasteiger partial charge in [0.15, 0.2) is 5.69 Å². The summed E-state index contributed by atoms with van der Waals surface area (Å²) in [6.07, 6.45) is 3.37. The summed E-state index contributed by atoms with van der Waals surface area (Å²) in [6, 6.07) is 19.7.